The highest BCUT2D eigenvalue weighted by atomic mass is 16.6. The predicted molar refractivity (Wildman–Crippen MR) is 99.8 cm³/mol. The van der Waals surface area contributed by atoms with Crippen molar-refractivity contribution in [1.29, 1.82) is 0 Å². The SMILES string of the molecule is CCN1CCC[C@@H]1c1ccc(N(C(=O)OC(C)(C)C)C2CCC2)nc1. The maximum absolute atomic E-state index is 12.7. The van der Waals surface area contributed by atoms with E-state index in [2.05, 4.69) is 22.9 Å². The van der Waals surface area contributed by atoms with Crippen LogP contribution in [0.15, 0.2) is 18.3 Å². The number of hydrogen-bond acceptors (Lipinski definition) is 4. The lowest BCUT2D eigenvalue weighted by Crippen LogP contribution is -2.47. The lowest BCUT2D eigenvalue weighted by molar-refractivity contribution is 0.0548. The van der Waals surface area contributed by atoms with Gasteiger partial charge in [0.1, 0.15) is 11.4 Å². The highest BCUT2D eigenvalue weighted by Crippen LogP contribution is 2.34. The van der Waals surface area contributed by atoms with Gasteiger partial charge in [0.15, 0.2) is 0 Å². The maximum Gasteiger partial charge on any atom is 0.416 e. The second-order valence-electron chi connectivity index (χ2n) is 8.17. The minimum absolute atomic E-state index is 0.215. The average Bonchev–Trinajstić information content (AvgIpc) is 2.97. The van der Waals surface area contributed by atoms with Crippen molar-refractivity contribution in [3.8, 4) is 0 Å². The smallest absolute Gasteiger partial charge is 0.416 e. The molecule has 1 atom stereocenters. The van der Waals surface area contributed by atoms with Crippen LogP contribution in [0.2, 0.25) is 0 Å². The lowest BCUT2D eigenvalue weighted by atomic mass is 9.91. The Kier molecular flexibility index (Phi) is 5.32. The van der Waals surface area contributed by atoms with Crippen LogP contribution in [0.5, 0.6) is 0 Å². The van der Waals surface area contributed by atoms with Crippen LogP contribution >= 0.6 is 0 Å². The van der Waals surface area contributed by atoms with Crippen molar-refractivity contribution in [2.75, 3.05) is 18.0 Å². The van der Waals surface area contributed by atoms with Gasteiger partial charge in [-0.3, -0.25) is 9.80 Å². The van der Waals surface area contributed by atoms with Gasteiger partial charge in [-0.25, -0.2) is 9.78 Å². The molecule has 1 saturated carbocycles. The zero-order valence-corrected chi connectivity index (χ0v) is 16.0. The van der Waals surface area contributed by atoms with Crippen LogP contribution in [-0.4, -0.2) is 40.7 Å². The Morgan fingerprint density at radius 2 is 2.04 bits per heavy atom. The Morgan fingerprint density at radius 1 is 1.28 bits per heavy atom. The number of pyridine rings is 1. The van der Waals surface area contributed by atoms with Gasteiger partial charge in [-0.2, -0.15) is 0 Å². The number of likely N-dealkylation sites (tertiary alicyclic amines) is 1. The molecule has 0 N–H and O–H groups in total. The highest BCUT2D eigenvalue weighted by Gasteiger charge is 2.34. The molecular weight excluding hydrogens is 314 g/mol. The van der Waals surface area contributed by atoms with Crippen molar-refractivity contribution in [1.82, 2.24) is 9.88 Å². The second-order valence-corrected chi connectivity index (χ2v) is 8.17. The normalized spacial score (nSPS) is 21.8. The number of anilines is 1. The first-order valence-corrected chi connectivity index (χ1v) is 9.61. The van der Waals surface area contributed by atoms with E-state index in [1.807, 2.05) is 33.0 Å². The van der Waals surface area contributed by atoms with E-state index < -0.39 is 5.60 Å². The van der Waals surface area contributed by atoms with Crippen molar-refractivity contribution in [2.24, 2.45) is 0 Å². The van der Waals surface area contributed by atoms with Gasteiger partial charge in [0, 0.05) is 18.3 Å². The monoisotopic (exact) mass is 345 g/mol. The van der Waals surface area contributed by atoms with Crippen LogP contribution in [0.1, 0.15) is 71.4 Å². The molecule has 0 bridgehead atoms. The summed E-state index contributed by atoms with van der Waals surface area (Å²) in [4.78, 5) is 21.6. The Balaban J connectivity index is 1.78. The fraction of sp³-hybridized carbons (Fsp3) is 0.700. The number of carbonyl (C=O) groups is 1. The Bertz CT molecular complexity index is 590. The van der Waals surface area contributed by atoms with E-state index in [1.165, 1.54) is 18.4 Å². The molecule has 5 nitrogen and oxygen atoms in total. The number of carbonyl (C=O) groups excluding carboxylic acids is 1. The summed E-state index contributed by atoms with van der Waals surface area (Å²) in [6.07, 6.45) is 7.30. The summed E-state index contributed by atoms with van der Waals surface area (Å²) in [5.74, 6) is 0.712. The summed E-state index contributed by atoms with van der Waals surface area (Å²) in [6, 6.07) is 4.80. The molecule has 1 saturated heterocycles. The quantitative estimate of drug-likeness (QED) is 0.804. The van der Waals surface area contributed by atoms with Gasteiger partial charge in [-0.15, -0.1) is 0 Å². The Morgan fingerprint density at radius 3 is 2.56 bits per heavy atom. The number of hydrogen-bond donors (Lipinski definition) is 0. The van der Waals surface area contributed by atoms with E-state index in [0.717, 1.165) is 32.4 Å². The highest BCUT2D eigenvalue weighted by molar-refractivity contribution is 5.87. The molecule has 1 aliphatic heterocycles. The third kappa shape index (κ3) is 4.14. The molecule has 0 radical (unpaired) electrons. The first-order chi connectivity index (χ1) is 11.9. The average molecular weight is 345 g/mol. The number of aromatic nitrogens is 1. The van der Waals surface area contributed by atoms with E-state index in [4.69, 9.17) is 4.74 Å². The molecule has 0 aromatic carbocycles. The lowest BCUT2D eigenvalue weighted by Gasteiger charge is -2.37. The van der Waals surface area contributed by atoms with E-state index in [-0.39, 0.29) is 12.1 Å². The van der Waals surface area contributed by atoms with E-state index in [1.54, 1.807) is 4.90 Å². The molecule has 1 aliphatic carbocycles. The van der Waals surface area contributed by atoms with E-state index in [0.29, 0.717) is 11.9 Å². The minimum atomic E-state index is -0.496. The number of amides is 1. The summed E-state index contributed by atoms with van der Waals surface area (Å²) < 4.78 is 5.61. The van der Waals surface area contributed by atoms with Crippen LogP contribution < -0.4 is 4.90 Å². The molecule has 5 heteroatoms. The number of nitrogens with zero attached hydrogens (tertiary/aromatic N) is 3. The molecule has 25 heavy (non-hydrogen) atoms. The molecule has 3 rings (SSSR count). The number of ether oxygens (including phenoxy) is 1. The van der Waals surface area contributed by atoms with Crippen LogP contribution in [0.3, 0.4) is 0 Å². The van der Waals surface area contributed by atoms with E-state index >= 15 is 0 Å². The molecular formula is C20H31N3O2. The predicted octanol–water partition coefficient (Wildman–Crippen LogP) is 4.53. The summed E-state index contributed by atoms with van der Waals surface area (Å²) in [5, 5.41) is 0. The molecule has 2 aliphatic rings. The van der Waals surface area contributed by atoms with Gasteiger partial charge in [0.25, 0.3) is 0 Å². The molecule has 0 spiro atoms. The molecule has 1 amide bonds. The third-order valence-corrected chi connectivity index (χ3v) is 5.20. The van der Waals surface area contributed by atoms with Crippen molar-refractivity contribution in [3.63, 3.8) is 0 Å². The van der Waals surface area contributed by atoms with Crippen LogP contribution in [0, 0.1) is 0 Å². The van der Waals surface area contributed by atoms with Gasteiger partial charge < -0.3 is 4.74 Å². The van der Waals surface area contributed by atoms with Crippen molar-refractivity contribution < 1.29 is 9.53 Å². The minimum Gasteiger partial charge on any atom is -0.443 e. The van der Waals surface area contributed by atoms with Gasteiger partial charge in [0.2, 0.25) is 0 Å². The Labute approximate surface area is 151 Å². The molecule has 2 fully saturated rings. The van der Waals surface area contributed by atoms with Gasteiger partial charge in [-0.1, -0.05) is 13.0 Å². The van der Waals surface area contributed by atoms with Crippen LogP contribution in [0.4, 0.5) is 10.6 Å². The molecule has 2 heterocycles. The molecule has 1 aromatic rings. The summed E-state index contributed by atoms with van der Waals surface area (Å²) in [6.45, 7) is 10.1. The van der Waals surface area contributed by atoms with Crippen molar-refractivity contribution in [2.45, 2.75) is 77.5 Å². The topological polar surface area (TPSA) is 45.7 Å². The van der Waals surface area contributed by atoms with Gasteiger partial charge in [0.05, 0.1) is 0 Å². The molecule has 1 aromatic heterocycles. The zero-order chi connectivity index (χ0) is 18.0. The second kappa shape index (κ2) is 7.32. The Hall–Kier alpha value is -1.62. The van der Waals surface area contributed by atoms with Crippen molar-refractivity contribution >= 4 is 11.9 Å². The zero-order valence-electron chi connectivity index (χ0n) is 16.0. The summed E-state index contributed by atoms with van der Waals surface area (Å²) in [5.41, 5.74) is 0.755. The first-order valence-electron chi connectivity index (χ1n) is 9.61. The van der Waals surface area contributed by atoms with Crippen molar-refractivity contribution in [3.05, 3.63) is 23.9 Å². The molecule has 0 unspecified atom stereocenters. The fourth-order valence-corrected chi connectivity index (χ4v) is 3.70. The van der Waals surface area contributed by atoms with Crippen LogP contribution in [-0.2, 0) is 4.74 Å². The fourth-order valence-electron chi connectivity index (χ4n) is 3.70. The van der Waals surface area contributed by atoms with Gasteiger partial charge >= 0.3 is 6.09 Å². The summed E-state index contributed by atoms with van der Waals surface area (Å²) >= 11 is 0. The molecule has 138 valence electrons. The largest absolute Gasteiger partial charge is 0.443 e. The van der Waals surface area contributed by atoms with E-state index in [9.17, 15) is 4.79 Å². The summed E-state index contributed by atoms with van der Waals surface area (Å²) in [7, 11) is 0. The van der Waals surface area contributed by atoms with Crippen LogP contribution in [0.25, 0.3) is 0 Å². The first kappa shape index (κ1) is 18.2. The standard InChI is InChI=1S/C20H31N3O2/c1-5-22-13-7-10-17(22)15-11-12-18(21-14-15)23(16-8-6-9-16)19(24)25-20(2,3)4/h11-12,14,16-17H,5-10,13H2,1-4H3/t17-/m1/s1. The maximum atomic E-state index is 12.7. The number of rotatable bonds is 4. The van der Waals surface area contributed by atoms with Gasteiger partial charge in [-0.05, 0) is 77.6 Å². The third-order valence-electron chi connectivity index (χ3n) is 5.20.